The molecule has 1 aromatic heterocycles. The van der Waals surface area contributed by atoms with Crippen LogP contribution in [-0.4, -0.2) is 29.1 Å². The summed E-state index contributed by atoms with van der Waals surface area (Å²) < 4.78 is 4.83. The van der Waals surface area contributed by atoms with Gasteiger partial charge in [0.1, 0.15) is 16.8 Å². The molecule has 0 atom stereocenters. The highest BCUT2D eigenvalue weighted by Crippen LogP contribution is 2.16. The van der Waals surface area contributed by atoms with E-state index in [-0.39, 0.29) is 11.9 Å². The van der Waals surface area contributed by atoms with Crippen LogP contribution >= 0.6 is 11.6 Å². The van der Waals surface area contributed by atoms with E-state index in [4.69, 9.17) is 16.3 Å². The van der Waals surface area contributed by atoms with Crippen LogP contribution in [-0.2, 0) is 9.53 Å². The minimum absolute atomic E-state index is 0.203. The smallest absolute Gasteiger partial charge is 0.307 e. The molecule has 0 saturated heterocycles. The first-order chi connectivity index (χ1) is 8.52. The van der Waals surface area contributed by atoms with E-state index in [0.717, 1.165) is 0 Å². The third-order valence-electron chi connectivity index (χ3n) is 2.17. The van der Waals surface area contributed by atoms with Gasteiger partial charge in [-0.15, -0.1) is 0 Å². The zero-order valence-electron chi connectivity index (χ0n) is 10.9. The predicted molar refractivity (Wildman–Crippen MR) is 70.9 cm³/mol. The average Bonchev–Trinajstić information content (AvgIpc) is 2.28. The van der Waals surface area contributed by atoms with Crippen LogP contribution in [0.4, 0.5) is 5.82 Å². The lowest BCUT2D eigenvalue weighted by Gasteiger charge is -2.09. The summed E-state index contributed by atoms with van der Waals surface area (Å²) in [7, 11) is 0. The van der Waals surface area contributed by atoms with Crippen LogP contribution in [0.15, 0.2) is 6.07 Å². The minimum atomic E-state index is -0.228. The molecule has 0 amide bonds. The Labute approximate surface area is 112 Å². The number of anilines is 1. The van der Waals surface area contributed by atoms with Gasteiger partial charge in [0.15, 0.2) is 0 Å². The molecule has 1 aromatic rings. The Bertz CT molecular complexity index is 410. The number of esters is 1. The second kappa shape index (κ2) is 7.16. The lowest BCUT2D eigenvalue weighted by molar-refractivity contribution is -0.142. The second-order valence-electron chi connectivity index (χ2n) is 4.07. The van der Waals surface area contributed by atoms with Gasteiger partial charge >= 0.3 is 5.97 Å². The molecule has 0 aliphatic heterocycles. The molecule has 100 valence electrons. The zero-order chi connectivity index (χ0) is 13.5. The summed E-state index contributed by atoms with van der Waals surface area (Å²) in [5.41, 5.74) is 0. The maximum Gasteiger partial charge on any atom is 0.307 e. The Morgan fingerprint density at radius 1 is 1.50 bits per heavy atom. The number of nitrogens with zero attached hydrogens (tertiary/aromatic N) is 2. The highest BCUT2D eigenvalue weighted by molar-refractivity contribution is 6.29. The second-order valence-corrected chi connectivity index (χ2v) is 4.46. The van der Waals surface area contributed by atoms with Crippen molar-refractivity contribution < 1.29 is 9.53 Å². The number of carbonyl (C=O) groups excluding carboxylic acids is 1. The van der Waals surface area contributed by atoms with Crippen molar-refractivity contribution in [1.82, 2.24) is 9.97 Å². The molecular weight excluding hydrogens is 254 g/mol. The van der Waals surface area contributed by atoms with Gasteiger partial charge in [-0.3, -0.25) is 4.79 Å². The van der Waals surface area contributed by atoms with Gasteiger partial charge in [-0.2, -0.15) is 0 Å². The fourth-order valence-corrected chi connectivity index (χ4v) is 1.50. The summed E-state index contributed by atoms with van der Waals surface area (Å²) in [4.78, 5) is 19.6. The van der Waals surface area contributed by atoms with Crippen molar-refractivity contribution in [1.29, 1.82) is 0 Å². The highest BCUT2D eigenvalue weighted by Gasteiger charge is 2.07. The number of hydrogen-bond donors (Lipinski definition) is 1. The molecule has 1 heterocycles. The third-order valence-corrected chi connectivity index (χ3v) is 2.36. The molecule has 0 fully saturated rings. The summed E-state index contributed by atoms with van der Waals surface area (Å²) in [6.45, 7) is 6.63. The molecule has 1 rings (SSSR count). The maximum absolute atomic E-state index is 11.2. The van der Waals surface area contributed by atoms with E-state index in [1.54, 1.807) is 13.0 Å². The SMILES string of the molecule is CCOC(=O)CCNc1cc(Cl)nc(C(C)C)n1. The van der Waals surface area contributed by atoms with Crippen LogP contribution in [0, 0.1) is 0 Å². The number of nitrogens with one attached hydrogen (secondary N) is 1. The van der Waals surface area contributed by atoms with Crippen LogP contribution in [0.5, 0.6) is 0 Å². The van der Waals surface area contributed by atoms with Crippen molar-refractivity contribution in [2.45, 2.75) is 33.1 Å². The van der Waals surface area contributed by atoms with Crippen molar-refractivity contribution in [3.63, 3.8) is 0 Å². The largest absolute Gasteiger partial charge is 0.466 e. The lowest BCUT2D eigenvalue weighted by Crippen LogP contribution is -2.12. The number of aromatic nitrogens is 2. The van der Waals surface area contributed by atoms with Crippen molar-refractivity contribution in [3.8, 4) is 0 Å². The van der Waals surface area contributed by atoms with Crippen LogP contribution in [0.3, 0.4) is 0 Å². The van der Waals surface area contributed by atoms with Gasteiger partial charge in [-0.25, -0.2) is 9.97 Å². The zero-order valence-corrected chi connectivity index (χ0v) is 11.6. The highest BCUT2D eigenvalue weighted by atomic mass is 35.5. The first kappa shape index (κ1) is 14.7. The van der Waals surface area contributed by atoms with E-state index in [0.29, 0.717) is 36.4 Å². The number of carbonyl (C=O) groups is 1. The number of hydrogen-bond acceptors (Lipinski definition) is 5. The third kappa shape index (κ3) is 4.87. The van der Waals surface area contributed by atoms with Crippen LogP contribution in [0.2, 0.25) is 5.15 Å². The molecule has 0 bridgehead atoms. The molecule has 0 saturated carbocycles. The van der Waals surface area contributed by atoms with Crippen molar-refractivity contribution in [2.24, 2.45) is 0 Å². The minimum Gasteiger partial charge on any atom is -0.466 e. The fraction of sp³-hybridized carbons (Fsp3) is 0.583. The standard InChI is InChI=1S/C12H18ClN3O2/c1-4-18-11(17)5-6-14-10-7-9(13)15-12(16-10)8(2)3/h7-8H,4-6H2,1-3H3,(H,14,15,16). The molecule has 1 N–H and O–H groups in total. The van der Waals surface area contributed by atoms with Crippen LogP contribution in [0.25, 0.3) is 0 Å². The molecule has 18 heavy (non-hydrogen) atoms. The van der Waals surface area contributed by atoms with Gasteiger partial charge < -0.3 is 10.1 Å². The van der Waals surface area contributed by atoms with Gasteiger partial charge in [0, 0.05) is 18.5 Å². The van der Waals surface area contributed by atoms with E-state index in [2.05, 4.69) is 15.3 Å². The molecule has 0 spiro atoms. The summed E-state index contributed by atoms with van der Waals surface area (Å²) in [6.07, 6.45) is 0.298. The van der Waals surface area contributed by atoms with Gasteiger partial charge in [0.05, 0.1) is 13.0 Å². The molecule has 5 nitrogen and oxygen atoms in total. The molecule has 6 heteroatoms. The van der Waals surface area contributed by atoms with Crippen molar-refractivity contribution in [2.75, 3.05) is 18.5 Å². The summed E-state index contributed by atoms with van der Waals surface area (Å²) in [6, 6.07) is 1.64. The van der Waals surface area contributed by atoms with E-state index >= 15 is 0 Å². The van der Waals surface area contributed by atoms with E-state index in [1.807, 2.05) is 13.8 Å². The van der Waals surface area contributed by atoms with Crippen molar-refractivity contribution >= 4 is 23.4 Å². The molecule has 0 unspecified atom stereocenters. The normalized spacial score (nSPS) is 10.5. The topological polar surface area (TPSA) is 64.1 Å². The van der Waals surface area contributed by atoms with Crippen molar-refractivity contribution in [3.05, 3.63) is 17.0 Å². The Kier molecular flexibility index (Phi) is 5.85. The number of halogens is 1. The summed E-state index contributed by atoms with van der Waals surface area (Å²) in [5, 5.41) is 3.43. The monoisotopic (exact) mass is 271 g/mol. The Morgan fingerprint density at radius 2 is 2.22 bits per heavy atom. The van der Waals surface area contributed by atoms with Gasteiger partial charge in [-0.1, -0.05) is 25.4 Å². The summed E-state index contributed by atoms with van der Waals surface area (Å²) in [5.74, 6) is 1.28. The summed E-state index contributed by atoms with van der Waals surface area (Å²) >= 11 is 5.90. The first-order valence-electron chi connectivity index (χ1n) is 5.97. The maximum atomic E-state index is 11.2. The van der Waals surface area contributed by atoms with Gasteiger partial charge in [0.2, 0.25) is 0 Å². The van der Waals surface area contributed by atoms with Gasteiger partial charge in [0.25, 0.3) is 0 Å². The lowest BCUT2D eigenvalue weighted by atomic mass is 10.2. The Hall–Kier alpha value is -1.36. The molecule has 0 aliphatic carbocycles. The molecule has 0 aliphatic rings. The molecule has 0 radical (unpaired) electrons. The molecule has 0 aromatic carbocycles. The Morgan fingerprint density at radius 3 is 2.83 bits per heavy atom. The predicted octanol–water partition coefficient (Wildman–Crippen LogP) is 2.62. The first-order valence-corrected chi connectivity index (χ1v) is 6.34. The van der Waals surface area contributed by atoms with Crippen LogP contribution in [0.1, 0.15) is 38.9 Å². The quantitative estimate of drug-likeness (QED) is 0.636. The van der Waals surface area contributed by atoms with E-state index in [9.17, 15) is 4.79 Å². The number of ether oxygens (including phenoxy) is 1. The number of rotatable bonds is 6. The average molecular weight is 272 g/mol. The Balaban J connectivity index is 2.54. The van der Waals surface area contributed by atoms with Gasteiger partial charge in [-0.05, 0) is 6.92 Å². The van der Waals surface area contributed by atoms with E-state index in [1.165, 1.54) is 0 Å². The van der Waals surface area contributed by atoms with E-state index < -0.39 is 0 Å². The fourth-order valence-electron chi connectivity index (χ4n) is 1.31. The molecular formula is C12H18ClN3O2. The van der Waals surface area contributed by atoms with Crippen LogP contribution < -0.4 is 5.32 Å².